The molecule has 0 unspecified atom stereocenters. The van der Waals surface area contributed by atoms with E-state index in [1.807, 2.05) is 0 Å². The van der Waals surface area contributed by atoms with Crippen LogP contribution in [0.15, 0.2) is 18.2 Å². The molecule has 0 spiro atoms. The summed E-state index contributed by atoms with van der Waals surface area (Å²) < 4.78 is 6.09. The van der Waals surface area contributed by atoms with Crippen molar-refractivity contribution < 1.29 is 14.6 Å². The van der Waals surface area contributed by atoms with Gasteiger partial charge in [-0.1, -0.05) is 0 Å². The quantitative estimate of drug-likeness (QED) is 0.807. The molecule has 1 aromatic rings. The van der Waals surface area contributed by atoms with E-state index in [0.717, 1.165) is 3.57 Å². The predicted octanol–water partition coefficient (Wildman–Crippen LogP) is 0.761. The molecule has 1 rings (SSSR count). The number of benzene rings is 1. The van der Waals surface area contributed by atoms with Gasteiger partial charge < -0.3 is 15.6 Å². The molecule has 0 saturated heterocycles. The number of carbonyl (C=O) groups excluding carboxylic acids is 1. The van der Waals surface area contributed by atoms with Gasteiger partial charge in [0.05, 0.1) is 10.2 Å². The zero-order chi connectivity index (χ0) is 10.6. The summed E-state index contributed by atoms with van der Waals surface area (Å²) in [6, 6.07) is 4.95. The average Bonchev–Trinajstić information content (AvgIpc) is 2.16. The fraction of sp³-hybridized carbons (Fsp3) is 0.222. The van der Waals surface area contributed by atoms with E-state index in [-0.39, 0.29) is 13.2 Å². The smallest absolute Gasteiger partial charge is 0.248 e. The number of nitrogens with two attached hydrogens (primary N) is 1. The highest BCUT2D eigenvalue weighted by Crippen LogP contribution is 2.21. The number of amides is 1. The molecule has 0 atom stereocenters. The molecule has 0 bridgehead atoms. The highest BCUT2D eigenvalue weighted by Gasteiger charge is 2.05. The third-order valence-corrected chi connectivity index (χ3v) is 2.46. The summed E-state index contributed by atoms with van der Waals surface area (Å²) in [6.45, 7) is 0.148. The van der Waals surface area contributed by atoms with Gasteiger partial charge in [0, 0.05) is 5.56 Å². The lowest BCUT2D eigenvalue weighted by molar-refractivity contribution is 0.0999. The van der Waals surface area contributed by atoms with Crippen LogP contribution in [0.1, 0.15) is 10.4 Å². The molecular formula is C9H10INO3. The van der Waals surface area contributed by atoms with Crippen molar-refractivity contribution in [1.29, 1.82) is 0 Å². The number of primary amides is 1. The minimum absolute atomic E-state index is 0.0587. The summed E-state index contributed by atoms with van der Waals surface area (Å²) in [4.78, 5) is 10.9. The van der Waals surface area contributed by atoms with E-state index in [4.69, 9.17) is 15.6 Å². The lowest BCUT2D eigenvalue weighted by Crippen LogP contribution is -2.11. The maximum absolute atomic E-state index is 10.9. The van der Waals surface area contributed by atoms with E-state index >= 15 is 0 Å². The van der Waals surface area contributed by atoms with Crippen LogP contribution in [0.5, 0.6) is 5.75 Å². The Morgan fingerprint density at radius 3 is 2.86 bits per heavy atom. The zero-order valence-electron chi connectivity index (χ0n) is 7.37. The van der Waals surface area contributed by atoms with Crippen molar-refractivity contribution in [2.45, 2.75) is 0 Å². The van der Waals surface area contributed by atoms with Gasteiger partial charge in [0.1, 0.15) is 12.4 Å². The van der Waals surface area contributed by atoms with Crippen LogP contribution in [0, 0.1) is 3.57 Å². The third kappa shape index (κ3) is 2.85. The Hall–Kier alpha value is -0.820. The number of rotatable bonds is 4. The Kier molecular flexibility index (Phi) is 4.15. The van der Waals surface area contributed by atoms with Gasteiger partial charge in [0.25, 0.3) is 0 Å². The normalized spacial score (nSPS) is 9.86. The molecule has 0 aliphatic heterocycles. The van der Waals surface area contributed by atoms with Gasteiger partial charge in [-0.15, -0.1) is 0 Å². The average molecular weight is 307 g/mol. The molecule has 14 heavy (non-hydrogen) atoms. The van der Waals surface area contributed by atoms with E-state index < -0.39 is 5.91 Å². The van der Waals surface area contributed by atoms with Crippen LogP contribution in [-0.4, -0.2) is 24.2 Å². The van der Waals surface area contributed by atoms with Gasteiger partial charge in [0.15, 0.2) is 0 Å². The molecule has 5 heteroatoms. The number of hydrogen-bond donors (Lipinski definition) is 2. The van der Waals surface area contributed by atoms with Gasteiger partial charge >= 0.3 is 0 Å². The summed E-state index contributed by atoms with van der Waals surface area (Å²) in [5.74, 6) is 0.0752. The van der Waals surface area contributed by atoms with E-state index in [1.54, 1.807) is 18.2 Å². The highest BCUT2D eigenvalue weighted by molar-refractivity contribution is 14.1. The molecular weight excluding hydrogens is 297 g/mol. The molecule has 0 aliphatic carbocycles. The van der Waals surface area contributed by atoms with Gasteiger partial charge in [-0.05, 0) is 40.8 Å². The van der Waals surface area contributed by atoms with Crippen molar-refractivity contribution >= 4 is 28.5 Å². The monoisotopic (exact) mass is 307 g/mol. The summed E-state index contributed by atoms with van der Waals surface area (Å²) in [5, 5.41) is 8.58. The topological polar surface area (TPSA) is 72.6 Å². The van der Waals surface area contributed by atoms with Crippen molar-refractivity contribution in [3.05, 3.63) is 27.3 Å². The van der Waals surface area contributed by atoms with Crippen LogP contribution in [0.3, 0.4) is 0 Å². The SMILES string of the molecule is NC(=O)c1ccc(I)c(OCCO)c1. The van der Waals surface area contributed by atoms with Crippen LogP contribution in [-0.2, 0) is 0 Å². The molecule has 3 N–H and O–H groups in total. The van der Waals surface area contributed by atoms with Crippen LogP contribution >= 0.6 is 22.6 Å². The Labute approximate surface area is 95.2 Å². The first-order valence-electron chi connectivity index (χ1n) is 3.98. The van der Waals surface area contributed by atoms with E-state index in [1.165, 1.54) is 0 Å². The van der Waals surface area contributed by atoms with Crippen LogP contribution in [0.4, 0.5) is 0 Å². The van der Waals surface area contributed by atoms with Gasteiger partial charge in [-0.25, -0.2) is 0 Å². The fourth-order valence-electron chi connectivity index (χ4n) is 0.923. The lowest BCUT2D eigenvalue weighted by atomic mass is 10.2. The molecule has 0 saturated carbocycles. The predicted molar refractivity (Wildman–Crippen MR) is 60.3 cm³/mol. The standard InChI is InChI=1S/C9H10INO3/c10-7-2-1-6(9(11)13)5-8(7)14-4-3-12/h1-2,5,12H,3-4H2,(H2,11,13). The van der Waals surface area contributed by atoms with E-state index in [0.29, 0.717) is 11.3 Å². The molecule has 1 amide bonds. The molecule has 0 fully saturated rings. The Morgan fingerprint density at radius 1 is 1.57 bits per heavy atom. The summed E-state index contributed by atoms with van der Waals surface area (Å²) in [6.07, 6.45) is 0. The number of aliphatic hydroxyl groups excluding tert-OH is 1. The van der Waals surface area contributed by atoms with Crippen molar-refractivity contribution in [2.75, 3.05) is 13.2 Å². The molecule has 0 aromatic heterocycles. The second-order valence-electron chi connectivity index (χ2n) is 2.58. The van der Waals surface area contributed by atoms with Crippen molar-refractivity contribution in [1.82, 2.24) is 0 Å². The van der Waals surface area contributed by atoms with Crippen LogP contribution in [0.25, 0.3) is 0 Å². The number of ether oxygens (including phenoxy) is 1. The molecule has 76 valence electrons. The number of carbonyl (C=O) groups is 1. The third-order valence-electron chi connectivity index (χ3n) is 1.56. The Bertz CT molecular complexity index is 341. The van der Waals surface area contributed by atoms with Crippen LogP contribution in [0.2, 0.25) is 0 Å². The zero-order valence-corrected chi connectivity index (χ0v) is 9.52. The molecule has 0 radical (unpaired) electrons. The van der Waals surface area contributed by atoms with E-state index in [9.17, 15) is 4.79 Å². The largest absolute Gasteiger partial charge is 0.490 e. The van der Waals surface area contributed by atoms with Crippen molar-refractivity contribution in [3.8, 4) is 5.75 Å². The molecule has 1 aromatic carbocycles. The fourth-order valence-corrected chi connectivity index (χ4v) is 1.41. The number of aliphatic hydroxyl groups is 1. The van der Waals surface area contributed by atoms with Gasteiger partial charge in [0.2, 0.25) is 5.91 Å². The minimum atomic E-state index is -0.491. The summed E-state index contributed by atoms with van der Waals surface area (Å²) in [7, 11) is 0. The first kappa shape index (κ1) is 11.3. The second-order valence-corrected chi connectivity index (χ2v) is 3.74. The Balaban J connectivity index is 2.90. The van der Waals surface area contributed by atoms with Gasteiger partial charge in [-0.2, -0.15) is 0 Å². The van der Waals surface area contributed by atoms with Crippen molar-refractivity contribution in [2.24, 2.45) is 5.73 Å². The summed E-state index contributed by atoms with van der Waals surface area (Å²) >= 11 is 2.08. The highest BCUT2D eigenvalue weighted by atomic mass is 127. The van der Waals surface area contributed by atoms with Crippen LogP contribution < -0.4 is 10.5 Å². The molecule has 0 heterocycles. The minimum Gasteiger partial charge on any atom is -0.490 e. The summed E-state index contributed by atoms with van der Waals surface area (Å²) in [5.41, 5.74) is 5.52. The maximum Gasteiger partial charge on any atom is 0.248 e. The Morgan fingerprint density at radius 2 is 2.29 bits per heavy atom. The van der Waals surface area contributed by atoms with E-state index in [2.05, 4.69) is 22.6 Å². The first-order valence-corrected chi connectivity index (χ1v) is 5.06. The first-order chi connectivity index (χ1) is 6.65. The molecule has 0 aliphatic rings. The molecule has 4 nitrogen and oxygen atoms in total. The lowest BCUT2D eigenvalue weighted by Gasteiger charge is -2.07. The van der Waals surface area contributed by atoms with Gasteiger partial charge in [-0.3, -0.25) is 4.79 Å². The van der Waals surface area contributed by atoms with Crippen molar-refractivity contribution in [3.63, 3.8) is 0 Å². The maximum atomic E-state index is 10.9. The number of hydrogen-bond acceptors (Lipinski definition) is 3. The number of halogens is 1. The second kappa shape index (κ2) is 5.16.